The van der Waals surface area contributed by atoms with E-state index in [0.717, 1.165) is 16.7 Å². The number of rotatable bonds is 4. The van der Waals surface area contributed by atoms with E-state index in [1.807, 2.05) is 32.9 Å². The predicted octanol–water partition coefficient (Wildman–Crippen LogP) is 4.18. The van der Waals surface area contributed by atoms with Crippen LogP contribution in [0.25, 0.3) is 0 Å². The zero-order valence-corrected chi connectivity index (χ0v) is 13.6. The molecule has 2 rings (SSSR count). The molecule has 0 aliphatic heterocycles. The van der Waals surface area contributed by atoms with E-state index in [0.29, 0.717) is 11.1 Å². The van der Waals surface area contributed by atoms with E-state index in [1.165, 1.54) is 31.2 Å². The molecule has 0 amide bonds. The smallest absolute Gasteiger partial charge is 0.339 e. The molecule has 0 aromatic heterocycles. The molecule has 2 aromatic carbocycles. The lowest BCUT2D eigenvalue weighted by atomic mass is 10.00. The minimum Gasteiger partial charge on any atom is -0.451 e. The fourth-order valence-electron chi connectivity index (χ4n) is 2.62. The van der Waals surface area contributed by atoms with Gasteiger partial charge in [-0.15, -0.1) is 0 Å². The van der Waals surface area contributed by atoms with Crippen molar-refractivity contribution in [1.29, 1.82) is 0 Å². The Balaban J connectivity index is 2.17. The normalized spacial score (nSPS) is 11.9. The Labute approximate surface area is 135 Å². The highest BCUT2D eigenvalue weighted by atomic mass is 19.1. The van der Waals surface area contributed by atoms with Gasteiger partial charge in [-0.05, 0) is 63.1 Å². The van der Waals surface area contributed by atoms with E-state index >= 15 is 0 Å². The molecule has 0 saturated carbocycles. The zero-order valence-electron chi connectivity index (χ0n) is 13.6. The van der Waals surface area contributed by atoms with Crippen LogP contribution in [0, 0.1) is 26.6 Å². The van der Waals surface area contributed by atoms with Gasteiger partial charge in [0.05, 0.1) is 5.56 Å². The molecule has 23 heavy (non-hydrogen) atoms. The van der Waals surface area contributed by atoms with Gasteiger partial charge in [-0.1, -0.05) is 17.7 Å². The Morgan fingerprint density at radius 1 is 1.00 bits per heavy atom. The number of hydrogen-bond acceptors (Lipinski definition) is 3. The van der Waals surface area contributed by atoms with Crippen LogP contribution < -0.4 is 0 Å². The highest BCUT2D eigenvalue weighted by molar-refractivity contribution is 6.01. The molecule has 0 heterocycles. The Morgan fingerprint density at radius 2 is 1.52 bits per heavy atom. The van der Waals surface area contributed by atoms with Gasteiger partial charge in [0.25, 0.3) is 0 Å². The molecule has 1 atom stereocenters. The average Bonchev–Trinajstić information content (AvgIpc) is 2.46. The molecule has 2 aromatic rings. The maximum absolute atomic E-state index is 12.9. The molecule has 0 fully saturated rings. The molecule has 0 aliphatic rings. The number of ether oxygens (including phenoxy) is 1. The summed E-state index contributed by atoms with van der Waals surface area (Å²) >= 11 is 0. The third kappa shape index (κ3) is 3.83. The fourth-order valence-corrected chi connectivity index (χ4v) is 2.62. The first-order valence-corrected chi connectivity index (χ1v) is 7.38. The quantitative estimate of drug-likeness (QED) is 0.628. The van der Waals surface area contributed by atoms with Gasteiger partial charge in [-0.3, -0.25) is 4.79 Å². The van der Waals surface area contributed by atoms with Crippen LogP contribution in [0.15, 0.2) is 36.4 Å². The SMILES string of the molecule is Cc1cc(C)c(C(=O)OC(C)C(=O)c2ccc(F)cc2)c(C)c1. The van der Waals surface area contributed by atoms with Gasteiger partial charge in [0.1, 0.15) is 5.82 Å². The van der Waals surface area contributed by atoms with Gasteiger partial charge >= 0.3 is 5.97 Å². The number of benzene rings is 2. The summed E-state index contributed by atoms with van der Waals surface area (Å²) in [5.74, 6) is -1.30. The van der Waals surface area contributed by atoms with Crippen LogP contribution in [-0.4, -0.2) is 17.9 Å². The molecule has 4 heteroatoms. The second kappa shape index (κ2) is 6.73. The number of hydrogen-bond donors (Lipinski definition) is 0. The summed E-state index contributed by atoms with van der Waals surface area (Å²) in [6, 6.07) is 8.97. The van der Waals surface area contributed by atoms with Crippen molar-refractivity contribution in [2.75, 3.05) is 0 Å². The number of esters is 1. The first-order chi connectivity index (χ1) is 10.8. The summed E-state index contributed by atoms with van der Waals surface area (Å²) in [7, 11) is 0. The lowest BCUT2D eigenvalue weighted by Crippen LogP contribution is -2.25. The van der Waals surface area contributed by atoms with Crippen LogP contribution in [0.3, 0.4) is 0 Å². The zero-order chi connectivity index (χ0) is 17.1. The number of Topliss-reactive ketones (excluding diaryl/α,β-unsaturated/α-hetero) is 1. The molecule has 0 spiro atoms. The lowest BCUT2D eigenvalue weighted by Gasteiger charge is -2.15. The van der Waals surface area contributed by atoms with Crippen LogP contribution >= 0.6 is 0 Å². The van der Waals surface area contributed by atoms with E-state index in [2.05, 4.69) is 0 Å². The molecule has 1 unspecified atom stereocenters. The van der Waals surface area contributed by atoms with Crippen molar-refractivity contribution in [2.24, 2.45) is 0 Å². The van der Waals surface area contributed by atoms with Gasteiger partial charge in [-0.25, -0.2) is 9.18 Å². The van der Waals surface area contributed by atoms with E-state index in [1.54, 1.807) is 0 Å². The minimum absolute atomic E-state index is 0.309. The summed E-state index contributed by atoms with van der Waals surface area (Å²) in [6.45, 7) is 7.14. The molecule has 0 radical (unpaired) electrons. The Hall–Kier alpha value is -2.49. The maximum Gasteiger partial charge on any atom is 0.339 e. The Morgan fingerprint density at radius 3 is 2.04 bits per heavy atom. The third-order valence-corrected chi connectivity index (χ3v) is 3.66. The highest BCUT2D eigenvalue weighted by Crippen LogP contribution is 2.19. The number of carbonyl (C=O) groups is 2. The summed E-state index contributed by atoms with van der Waals surface area (Å²) in [5.41, 5.74) is 3.48. The van der Waals surface area contributed by atoms with Crippen molar-refractivity contribution >= 4 is 11.8 Å². The third-order valence-electron chi connectivity index (χ3n) is 3.66. The first kappa shape index (κ1) is 16.9. The van der Waals surface area contributed by atoms with Crippen LogP contribution in [0.1, 0.15) is 44.3 Å². The number of halogens is 1. The number of aryl methyl sites for hydroxylation is 3. The molecular formula is C19H19FO3. The monoisotopic (exact) mass is 314 g/mol. The Kier molecular flexibility index (Phi) is 4.94. The van der Waals surface area contributed by atoms with E-state index in [9.17, 15) is 14.0 Å². The van der Waals surface area contributed by atoms with Gasteiger partial charge in [0, 0.05) is 5.56 Å². The molecule has 3 nitrogen and oxygen atoms in total. The molecule has 0 aliphatic carbocycles. The molecule has 120 valence electrons. The summed E-state index contributed by atoms with van der Waals surface area (Å²) < 4.78 is 18.2. The van der Waals surface area contributed by atoms with Crippen LogP contribution in [0.4, 0.5) is 4.39 Å². The molecule has 0 saturated heterocycles. The van der Waals surface area contributed by atoms with E-state index in [-0.39, 0.29) is 5.78 Å². The van der Waals surface area contributed by atoms with Crippen LogP contribution in [0.2, 0.25) is 0 Å². The van der Waals surface area contributed by atoms with Gasteiger partial charge in [-0.2, -0.15) is 0 Å². The molecule has 0 N–H and O–H groups in total. The standard InChI is InChI=1S/C19H19FO3/c1-11-9-12(2)17(13(3)10-11)19(22)23-14(4)18(21)15-5-7-16(20)8-6-15/h5-10,14H,1-4H3. The predicted molar refractivity (Wildman–Crippen MR) is 86.3 cm³/mol. The molecule has 0 bridgehead atoms. The summed E-state index contributed by atoms with van der Waals surface area (Å²) in [4.78, 5) is 24.6. The number of carbonyl (C=O) groups excluding carboxylic acids is 2. The van der Waals surface area contributed by atoms with E-state index in [4.69, 9.17) is 4.74 Å². The highest BCUT2D eigenvalue weighted by Gasteiger charge is 2.22. The summed E-state index contributed by atoms with van der Waals surface area (Å²) in [6.07, 6.45) is -0.937. The summed E-state index contributed by atoms with van der Waals surface area (Å²) in [5, 5.41) is 0. The van der Waals surface area contributed by atoms with Crippen molar-refractivity contribution in [2.45, 2.75) is 33.8 Å². The van der Waals surface area contributed by atoms with Crippen molar-refractivity contribution in [3.63, 3.8) is 0 Å². The first-order valence-electron chi connectivity index (χ1n) is 7.38. The molecular weight excluding hydrogens is 295 g/mol. The lowest BCUT2D eigenvalue weighted by molar-refractivity contribution is 0.0317. The van der Waals surface area contributed by atoms with Crippen molar-refractivity contribution in [3.05, 3.63) is 70.0 Å². The maximum atomic E-state index is 12.9. The van der Waals surface area contributed by atoms with Crippen molar-refractivity contribution in [1.82, 2.24) is 0 Å². The second-order valence-corrected chi connectivity index (χ2v) is 5.69. The van der Waals surface area contributed by atoms with Gasteiger partial charge < -0.3 is 4.74 Å². The average molecular weight is 314 g/mol. The topological polar surface area (TPSA) is 43.4 Å². The second-order valence-electron chi connectivity index (χ2n) is 5.69. The fraction of sp³-hybridized carbons (Fsp3) is 0.263. The number of ketones is 1. The van der Waals surface area contributed by atoms with Crippen LogP contribution in [-0.2, 0) is 4.74 Å². The van der Waals surface area contributed by atoms with E-state index < -0.39 is 17.9 Å². The Bertz CT molecular complexity index is 725. The van der Waals surface area contributed by atoms with Gasteiger partial charge in [0.15, 0.2) is 6.10 Å². The van der Waals surface area contributed by atoms with Crippen LogP contribution in [0.5, 0.6) is 0 Å². The van der Waals surface area contributed by atoms with Gasteiger partial charge in [0.2, 0.25) is 5.78 Å². The van der Waals surface area contributed by atoms with Crippen molar-refractivity contribution < 1.29 is 18.7 Å². The van der Waals surface area contributed by atoms with Crippen molar-refractivity contribution in [3.8, 4) is 0 Å². The largest absolute Gasteiger partial charge is 0.451 e. The minimum atomic E-state index is -0.937.